The van der Waals surface area contributed by atoms with Gasteiger partial charge < -0.3 is 9.47 Å². The first kappa shape index (κ1) is 21.1. The van der Waals surface area contributed by atoms with E-state index in [1.165, 1.54) is 6.92 Å². The molecule has 3 aliphatic rings. The molecule has 3 rings (SSSR count). The van der Waals surface area contributed by atoms with Crippen LogP contribution in [0.25, 0.3) is 0 Å². The fraction of sp³-hybridized carbons (Fsp3) is 0.727. The van der Waals surface area contributed by atoms with Gasteiger partial charge in [-0.25, -0.2) is 9.68 Å². The van der Waals surface area contributed by atoms with E-state index in [9.17, 15) is 9.59 Å². The van der Waals surface area contributed by atoms with E-state index >= 15 is 0 Å². The van der Waals surface area contributed by atoms with Crippen LogP contribution in [0.5, 0.6) is 0 Å². The van der Waals surface area contributed by atoms with Crippen LogP contribution in [0.2, 0.25) is 0 Å². The van der Waals surface area contributed by atoms with Crippen LogP contribution in [0.1, 0.15) is 53.9 Å². The van der Waals surface area contributed by atoms with Crippen LogP contribution in [0.4, 0.5) is 0 Å². The number of hydrogen-bond acceptors (Lipinski definition) is 6. The number of esters is 2. The van der Waals surface area contributed by atoms with Crippen molar-refractivity contribution in [3.05, 3.63) is 23.3 Å². The van der Waals surface area contributed by atoms with E-state index in [4.69, 9.17) is 14.7 Å². The van der Waals surface area contributed by atoms with Crippen LogP contribution in [0, 0.1) is 29.6 Å². The number of hydrogen-bond donors (Lipinski definition) is 1. The molecule has 0 aromatic carbocycles. The largest absolute Gasteiger partial charge is 0.462 e. The van der Waals surface area contributed by atoms with Gasteiger partial charge in [0.2, 0.25) is 0 Å². The highest BCUT2D eigenvalue weighted by Crippen LogP contribution is 2.56. The summed E-state index contributed by atoms with van der Waals surface area (Å²) in [4.78, 5) is 28.7. The standard InChI is InChI=1S/C22H32O6/c1-12(7-6-8-22(4,5)28-25)19-17-11-26-21(24)20(17)16-10-15(16)13(2)9-18(19)27-14(3)23/h6,8,12-13,15-16,18-19,25H,7,9-11H2,1-5H3/b8-6+/t12-,13-,15+,16+,18-,19+/m1/s1. The van der Waals surface area contributed by atoms with E-state index in [1.807, 2.05) is 12.2 Å². The van der Waals surface area contributed by atoms with Crippen molar-refractivity contribution in [1.82, 2.24) is 0 Å². The van der Waals surface area contributed by atoms with Crippen molar-refractivity contribution in [3.8, 4) is 0 Å². The minimum Gasteiger partial charge on any atom is -0.462 e. The Kier molecular flexibility index (Phi) is 6.01. The summed E-state index contributed by atoms with van der Waals surface area (Å²) in [5.41, 5.74) is 1.10. The average molecular weight is 392 g/mol. The maximum atomic E-state index is 12.5. The van der Waals surface area contributed by atoms with Crippen molar-refractivity contribution in [1.29, 1.82) is 0 Å². The molecule has 0 aromatic rings. The predicted octanol–water partition coefficient (Wildman–Crippen LogP) is 3.91. The number of fused-ring (bicyclic) bond motifs is 2. The highest BCUT2D eigenvalue weighted by atomic mass is 17.1. The molecule has 0 bridgehead atoms. The smallest absolute Gasteiger partial charge is 0.334 e. The van der Waals surface area contributed by atoms with Gasteiger partial charge >= 0.3 is 11.9 Å². The highest BCUT2D eigenvalue weighted by Gasteiger charge is 2.53. The molecule has 6 heteroatoms. The van der Waals surface area contributed by atoms with Gasteiger partial charge in [-0.3, -0.25) is 10.1 Å². The van der Waals surface area contributed by atoms with Crippen LogP contribution < -0.4 is 0 Å². The van der Waals surface area contributed by atoms with Crippen molar-refractivity contribution < 1.29 is 29.2 Å². The van der Waals surface area contributed by atoms with Crippen LogP contribution in [-0.4, -0.2) is 35.5 Å². The third kappa shape index (κ3) is 4.33. The topological polar surface area (TPSA) is 82.1 Å². The number of carbonyl (C=O) groups excluding carboxylic acids is 2. The van der Waals surface area contributed by atoms with Crippen molar-refractivity contribution in [2.75, 3.05) is 6.61 Å². The van der Waals surface area contributed by atoms with Gasteiger partial charge in [0.05, 0.1) is 0 Å². The highest BCUT2D eigenvalue weighted by molar-refractivity contribution is 5.93. The molecule has 6 nitrogen and oxygen atoms in total. The van der Waals surface area contributed by atoms with Gasteiger partial charge in [0.15, 0.2) is 0 Å². The summed E-state index contributed by atoms with van der Waals surface area (Å²) in [7, 11) is 0. The van der Waals surface area contributed by atoms with Gasteiger partial charge in [-0.2, -0.15) is 0 Å². The lowest BCUT2D eigenvalue weighted by Gasteiger charge is -2.35. The molecule has 1 aliphatic heterocycles. The fourth-order valence-electron chi connectivity index (χ4n) is 4.97. The lowest BCUT2D eigenvalue weighted by Crippen LogP contribution is -2.36. The van der Waals surface area contributed by atoms with Crippen molar-refractivity contribution in [2.24, 2.45) is 29.6 Å². The zero-order valence-electron chi connectivity index (χ0n) is 17.4. The molecule has 1 saturated carbocycles. The van der Waals surface area contributed by atoms with Crippen molar-refractivity contribution in [2.45, 2.75) is 65.6 Å². The average Bonchev–Trinajstić information content (AvgIpc) is 3.30. The first-order chi connectivity index (χ1) is 13.1. The zero-order chi connectivity index (χ0) is 20.6. The Morgan fingerprint density at radius 2 is 2.11 bits per heavy atom. The molecular weight excluding hydrogens is 360 g/mol. The summed E-state index contributed by atoms with van der Waals surface area (Å²) < 4.78 is 11.2. The number of cyclic esters (lactones) is 1. The Morgan fingerprint density at radius 3 is 2.75 bits per heavy atom. The molecule has 0 spiro atoms. The number of rotatable bonds is 6. The summed E-state index contributed by atoms with van der Waals surface area (Å²) in [5, 5.41) is 8.96. The van der Waals surface area contributed by atoms with Crippen LogP contribution >= 0.6 is 0 Å². The van der Waals surface area contributed by atoms with Crippen LogP contribution in [0.3, 0.4) is 0 Å². The molecule has 1 heterocycles. The molecule has 0 unspecified atom stereocenters. The second-order valence-corrected chi connectivity index (χ2v) is 9.22. The zero-order valence-corrected chi connectivity index (χ0v) is 17.4. The third-order valence-corrected chi connectivity index (χ3v) is 6.47. The van der Waals surface area contributed by atoms with Gasteiger partial charge in [0.1, 0.15) is 18.3 Å². The Balaban J connectivity index is 1.91. The third-order valence-electron chi connectivity index (χ3n) is 6.47. The molecule has 0 radical (unpaired) electrons. The molecule has 0 amide bonds. The Morgan fingerprint density at radius 1 is 1.39 bits per heavy atom. The minimum atomic E-state index is -0.761. The fourth-order valence-corrected chi connectivity index (χ4v) is 4.97. The number of carbonyl (C=O) groups is 2. The monoisotopic (exact) mass is 392 g/mol. The summed E-state index contributed by atoms with van der Waals surface area (Å²) >= 11 is 0. The molecule has 0 aromatic heterocycles. The van der Waals surface area contributed by atoms with Gasteiger partial charge in [-0.15, -0.1) is 0 Å². The molecule has 2 aliphatic carbocycles. The maximum absolute atomic E-state index is 12.5. The molecular formula is C22H32O6. The maximum Gasteiger partial charge on any atom is 0.334 e. The second-order valence-electron chi connectivity index (χ2n) is 9.22. The van der Waals surface area contributed by atoms with E-state index < -0.39 is 5.60 Å². The first-order valence-corrected chi connectivity index (χ1v) is 10.2. The normalized spacial score (nSPS) is 33.6. The van der Waals surface area contributed by atoms with Gasteiger partial charge in [-0.1, -0.05) is 26.0 Å². The quantitative estimate of drug-likeness (QED) is 0.319. The SMILES string of the molecule is CC(=O)O[C@@H]1C[C@@H](C)[C@@H]2C[C@@H]2C2=C(COC2=O)[C@@H]1[C@H](C)C/C=C/C(C)(C)OO. The van der Waals surface area contributed by atoms with E-state index in [2.05, 4.69) is 18.7 Å². The summed E-state index contributed by atoms with van der Waals surface area (Å²) in [6.45, 7) is 9.58. The molecule has 0 saturated heterocycles. The van der Waals surface area contributed by atoms with Gasteiger partial charge in [0.25, 0.3) is 0 Å². The molecule has 1 fully saturated rings. The predicted molar refractivity (Wildman–Crippen MR) is 103 cm³/mol. The molecule has 28 heavy (non-hydrogen) atoms. The van der Waals surface area contributed by atoms with E-state index in [0.717, 1.165) is 24.0 Å². The Labute approximate surface area is 166 Å². The molecule has 1 N–H and O–H groups in total. The van der Waals surface area contributed by atoms with Crippen molar-refractivity contribution >= 4 is 11.9 Å². The van der Waals surface area contributed by atoms with Crippen LogP contribution in [-0.2, 0) is 24.0 Å². The molecule has 6 atom stereocenters. The lowest BCUT2D eigenvalue weighted by molar-refractivity contribution is -0.297. The van der Waals surface area contributed by atoms with Gasteiger partial charge in [0, 0.05) is 18.4 Å². The van der Waals surface area contributed by atoms with Crippen molar-refractivity contribution in [3.63, 3.8) is 0 Å². The number of ether oxygens (including phenoxy) is 2. The first-order valence-electron chi connectivity index (χ1n) is 10.2. The number of allylic oxidation sites excluding steroid dienone is 1. The van der Waals surface area contributed by atoms with E-state index in [0.29, 0.717) is 30.8 Å². The van der Waals surface area contributed by atoms with Gasteiger partial charge in [-0.05, 0) is 62.4 Å². The Hall–Kier alpha value is -1.66. The lowest BCUT2D eigenvalue weighted by atomic mass is 9.74. The summed E-state index contributed by atoms with van der Waals surface area (Å²) in [6, 6.07) is 0. The summed E-state index contributed by atoms with van der Waals surface area (Å²) in [5.74, 6) is 0.761. The second kappa shape index (κ2) is 7.99. The van der Waals surface area contributed by atoms with E-state index in [-0.39, 0.29) is 29.9 Å². The molecule has 156 valence electrons. The Bertz CT molecular complexity index is 691. The van der Waals surface area contributed by atoms with E-state index in [1.54, 1.807) is 13.8 Å². The minimum absolute atomic E-state index is 0.0582. The summed E-state index contributed by atoms with van der Waals surface area (Å²) in [6.07, 6.45) is 6.06. The van der Waals surface area contributed by atoms with Crippen LogP contribution in [0.15, 0.2) is 23.3 Å².